The number of benzene rings is 2. The monoisotopic (exact) mass is 374 g/mol. The number of nitrogens with zero attached hydrogens (tertiary/aromatic N) is 2. The van der Waals surface area contributed by atoms with Gasteiger partial charge in [0.15, 0.2) is 0 Å². The van der Waals surface area contributed by atoms with Crippen molar-refractivity contribution in [3.63, 3.8) is 0 Å². The van der Waals surface area contributed by atoms with Crippen LogP contribution in [0.15, 0.2) is 71.8 Å². The molecule has 0 unspecified atom stereocenters. The Morgan fingerprint density at radius 2 is 1.59 bits per heavy atom. The summed E-state index contributed by atoms with van der Waals surface area (Å²) in [7, 11) is 3.97. The van der Waals surface area contributed by atoms with E-state index in [9.17, 15) is 9.59 Å². The molecule has 1 aliphatic rings. The van der Waals surface area contributed by atoms with Gasteiger partial charge in [-0.2, -0.15) is 0 Å². The Balaban J connectivity index is 1.83. The van der Waals surface area contributed by atoms with E-state index >= 15 is 0 Å². The molecule has 4 nitrogen and oxygen atoms in total. The average molecular weight is 374 g/mol. The second-order valence-electron chi connectivity index (χ2n) is 6.50. The molecule has 1 aromatic heterocycles. The van der Waals surface area contributed by atoms with Gasteiger partial charge in [-0.15, -0.1) is 0 Å². The van der Waals surface area contributed by atoms with Crippen molar-refractivity contribution in [2.45, 2.75) is 4.90 Å². The van der Waals surface area contributed by atoms with Crippen LogP contribution in [0.2, 0.25) is 0 Å². The number of anilines is 1. The van der Waals surface area contributed by atoms with Gasteiger partial charge in [0.05, 0.1) is 11.3 Å². The first-order valence-electron chi connectivity index (χ1n) is 8.58. The highest BCUT2D eigenvalue weighted by atomic mass is 32.2. The molecule has 4 rings (SSSR count). The molecule has 5 heteroatoms. The Hall–Kier alpha value is -3.05. The molecule has 0 fully saturated rings. The van der Waals surface area contributed by atoms with Gasteiger partial charge in [0, 0.05) is 36.4 Å². The third-order valence-electron chi connectivity index (χ3n) is 4.49. The summed E-state index contributed by atoms with van der Waals surface area (Å²) < 4.78 is 1.96. The Bertz CT molecular complexity index is 1050. The molecule has 1 heterocycles. The lowest BCUT2D eigenvalue weighted by atomic mass is 9.94. The zero-order valence-corrected chi connectivity index (χ0v) is 15.9. The fourth-order valence-electron chi connectivity index (χ4n) is 3.08. The fourth-order valence-corrected chi connectivity index (χ4v) is 3.99. The van der Waals surface area contributed by atoms with Crippen LogP contribution in [0.4, 0.5) is 5.69 Å². The van der Waals surface area contributed by atoms with Crippen LogP contribution in [-0.4, -0.2) is 29.6 Å². The number of rotatable bonds is 4. The zero-order chi connectivity index (χ0) is 19.0. The Labute approximate surface area is 162 Å². The number of aromatic nitrogens is 1. The lowest BCUT2D eigenvalue weighted by Crippen LogP contribution is -2.16. The summed E-state index contributed by atoms with van der Waals surface area (Å²) in [4.78, 5) is 27.7. The highest BCUT2D eigenvalue weighted by Crippen LogP contribution is 2.36. The van der Waals surface area contributed by atoms with Gasteiger partial charge in [-0.1, -0.05) is 30.3 Å². The Morgan fingerprint density at radius 3 is 2.26 bits per heavy atom. The Morgan fingerprint density at radius 1 is 0.889 bits per heavy atom. The summed E-state index contributed by atoms with van der Waals surface area (Å²) >= 11 is 1.52. The van der Waals surface area contributed by atoms with E-state index in [1.807, 2.05) is 83.8 Å². The maximum Gasteiger partial charge on any atom is 0.235 e. The van der Waals surface area contributed by atoms with Crippen LogP contribution >= 0.6 is 11.9 Å². The van der Waals surface area contributed by atoms with Crippen molar-refractivity contribution in [1.82, 2.24) is 3.97 Å². The molecule has 27 heavy (non-hydrogen) atoms. The average Bonchev–Trinajstić information content (AvgIpc) is 3.04. The van der Waals surface area contributed by atoms with Crippen LogP contribution < -0.4 is 4.90 Å². The van der Waals surface area contributed by atoms with Gasteiger partial charge < -0.3 is 4.90 Å². The SMILES string of the molecule is CN(C)c1ccc(-c2cn(Sc3ccccc3)c3c2C(=O)C(=O)C=C3)cc1. The minimum atomic E-state index is -0.476. The first-order chi connectivity index (χ1) is 13.0. The van der Waals surface area contributed by atoms with Crippen LogP contribution in [0.25, 0.3) is 17.2 Å². The standard InChI is InChI=1S/C22H18N2O2S/c1-23(2)16-10-8-15(9-11-16)18-14-24(27-17-6-4-3-5-7-17)19-12-13-20(25)22(26)21(18)19/h3-14H,1-2H3. The molecule has 134 valence electrons. The summed E-state index contributed by atoms with van der Waals surface area (Å²) in [6.07, 6.45) is 5.02. The minimum absolute atomic E-state index is 0.452. The van der Waals surface area contributed by atoms with Crippen molar-refractivity contribution < 1.29 is 9.59 Å². The second kappa shape index (κ2) is 6.93. The first kappa shape index (κ1) is 17.4. The predicted molar refractivity (Wildman–Crippen MR) is 110 cm³/mol. The minimum Gasteiger partial charge on any atom is -0.378 e. The maximum absolute atomic E-state index is 12.6. The van der Waals surface area contributed by atoms with E-state index in [0.29, 0.717) is 5.56 Å². The van der Waals surface area contributed by atoms with Crippen LogP contribution in [0, 0.1) is 0 Å². The van der Waals surface area contributed by atoms with Crippen molar-refractivity contribution in [2.24, 2.45) is 0 Å². The van der Waals surface area contributed by atoms with Gasteiger partial charge in [0.25, 0.3) is 0 Å². The number of hydrogen-bond acceptors (Lipinski definition) is 4. The molecule has 0 spiro atoms. The number of hydrogen-bond donors (Lipinski definition) is 0. The quantitative estimate of drug-likeness (QED) is 0.628. The van der Waals surface area contributed by atoms with Gasteiger partial charge in [-0.25, -0.2) is 0 Å². The van der Waals surface area contributed by atoms with Gasteiger partial charge in [0.2, 0.25) is 11.6 Å². The lowest BCUT2D eigenvalue weighted by Gasteiger charge is -2.13. The van der Waals surface area contributed by atoms with Gasteiger partial charge in [-0.05, 0) is 53.9 Å². The third kappa shape index (κ3) is 3.22. The van der Waals surface area contributed by atoms with E-state index in [0.717, 1.165) is 27.4 Å². The second-order valence-corrected chi connectivity index (χ2v) is 7.55. The summed E-state index contributed by atoms with van der Waals surface area (Å²) in [5, 5.41) is 0. The van der Waals surface area contributed by atoms with Gasteiger partial charge >= 0.3 is 0 Å². The smallest absolute Gasteiger partial charge is 0.235 e. The molecule has 1 aliphatic carbocycles. The first-order valence-corrected chi connectivity index (χ1v) is 9.35. The topological polar surface area (TPSA) is 42.3 Å². The van der Waals surface area contributed by atoms with Gasteiger partial charge in [0.1, 0.15) is 0 Å². The number of carbonyl (C=O) groups is 2. The lowest BCUT2D eigenvalue weighted by molar-refractivity contribution is -0.110. The number of Topliss-reactive ketones (excluding diaryl/α,β-unsaturated/α-hetero) is 1. The van der Waals surface area contributed by atoms with Crippen molar-refractivity contribution in [3.05, 3.63) is 78.1 Å². The fraction of sp³-hybridized carbons (Fsp3) is 0.0909. The van der Waals surface area contributed by atoms with Crippen molar-refractivity contribution in [1.29, 1.82) is 0 Å². The summed E-state index contributed by atoms with van der Waals surface area (Å²) in [5.74, 6) is -0.928. The van der Waals surface area contributed by atoms with E-state index < -0.39 is 11.6 Å². The maximum atomic E-state index is 12.6. The normalized spacial score (nSPS) is 13.0. The van der Waals surface area contributed by atoms with E-state index in [-0.39, 0.29) is 0 Å². The van der Waals surface area contributed by atoms with Crippen molar-refractivity contribution >= 4 is 35.3 Å². The molecular weight excluding hydrogens is 356 g/mol. The number of ketones is 2. The number of fused-ring (bicyclic) bond motifs is 1. The van der Waals surface area contributed by atoms with E-state index in [1.54, 1.807) is 6.08 Å². The predicted octanol–water partition coefficient (Wildman–Crippen LogP) is 4.56. The van der Waals surface area contributed by atoms with Crippen molar-refractivity contribution in [2.75, 3.05) is 19.0 Å². The van der Waals surface area contributed by atoms with Gasteiger partial charge in [-0.3, -0.25) is 13.6 Å². The molecular formula is C22H18N2O2S. The van der Waals surface area contributed by atoms with E-state index in [1.165, 1.54) is 18.0 Å². The molecule has 0 atom stereocenters. The highest BCUT2D eigenvalue weighted by molar-refractivity contribution is 7.97. The summed E-state index contributed by atoms with van der Waals surface area (Å²) in [5.41, 5.74) is 4.00. The van der Waals surface area contributed by atoms with Crippen LogP contribution in [-0.2, 0) is 4.79 Å². The molecule has 0 N–H and O–H groups in total. The van der Waals surface area contributed by atoms with E-state index in [4.69, 9.17) is 0 Å². The van der Waals surface area contributed by atoms with Crippen LogP contribution in [0.1, 0.15) is 16.1 Å². The van der Waals surface area contributed by atoms with Crippen LogP contribution in [0.5, 0.6) is 0 Å². The molecule has 0 radical (unpaired) electrons. The highest BCUT2D eigenvalue weighted by Gasteiger charge is 2.28. The van der Waals surface area contributed by atoms with Crippen LogP contribution in [0.3, 0.4) is 0 Å². The Kier molecular flexibility index (Phi) is 4.46. The zero-order valence-electron chi connectivity index (χ0n) is 15.0. The molecule has 0 aliphatic heterocycles. The number of carbonyl (C=O) groups excluding carboxylic acids is 2. The van der Waals surface area contributed by atoms with E-state index in [2.05, 4.69) is 0 Å². The molecule has 2 aromatic carbocycles. The van der Waals surface area contributed by atoms with Crippen molar-refractivity contribution in [3.8, 4) is 11.1 Å². The molecule has 0 saturated carbocycles. The number of allylic oxidation sites excluding steroid dienone is 1. The summed E-state index contributed by atoms with van der Waals surface area (Å²) in [6, 6.07) is 17.9. The third-order valence-corrected chi connectivity index (χ3v) is 5.48. The molecule has 0 amide bonds. The molecule has 0 saturated heterocycles. The molecule has 3 aromatic rings. The largest absolute Gasteiger partial charge is 0.378 e. The molecule has 0 bridgehead atoms. The summed E-state index contributed by atoms with van der Waals surface area (Å²) in [6.45, 7) is 0.